The number of carbonyl (C=O) groups excluding carboxylic acids is 1. The second-order valence-electron chi connectivity index (χ2n) is 2.40. The van der Waals surface area contributed by atoms with Crippen molar-refractivity contribution in [1.29, 1.82) is 0 Å². The Labute approximate surface area is 65.0 Å². The molecule has 0 spiro atoms. The lowest BCUT2D eigenvalue weighted by molar-refractivity contribution is -0.130. The van der Waals surface area contributed by atoms with Gasteiger partial charge >= 0.3 is 6.09 Å². The molecular weight excluding hydrogens is 148 g/mol. The number of carbonyl (C=O) groups is 2. The molecule has 0 rings (SSSR count). The van der Waals surface area contributed by atoms with Gasteiger partial charge in [-0.1, -0.05) is 0 Å². The number of rotatable bonds is 2. The van der Waals surface area contributed by atoms with Gasteiger partial charge < -0.3 is 15.3 Å². The Morgan fingerprint density at radius 2 is 1.91 bits per heavy atom. The van der Waals surface area contributed by atoms with Gasteiger partial charge in [0.15, 0.2) is 0 Å². The van der Waals surface area contributed by atoms with Crippen LogP contribution in [0, 0.1) is 0 Å². The summed E-state index contributed by atoms with van der Waals surface area (Å²) in [6.07, 6.45) is -1.19. The Bertz CT molecular complexity index is 167. The monoisotopic (exact) mass is 160 g/mol. The van der Waals surface area contributed by atoms with Crippen molar-refractivity contribution < 1.29 is 14.7 Å². The van der Waals surface area contributed by atoms with E-state index >= 15 is 0 Å². The van der Waals surface area contributed by atoms with Crippen molar-refractivity contribution >= 4 is 12.0 Å². The van der Waals surface area contributed by atoms with Crippen molar-refractivity contribution in [3.63, 3.8) is 0 Å². The van der Waals surface area contributed by atoms with Gasteiger partial charge in [0.25, 0.3) is 0 Å². The Morgan fingerprint density at radius 1 is 1.45 bits per heavy atom. The molecule has 1 atom stereocenters. The largest absolute Gasteiger partial charge is 0.465 e. The number of hydrogen-bond acceptors (Lipinski definition) is 2. The Morgan fingerprint density at radius 3 is 2.18 bits per heavy atom. The minimum atomic E-state index is -1.19. The Hall–Kier alpha value is -1.26. The van der Waals surface area contributed by atoms with E-state index in [2.05, 4.69) is 0 Å². The molecule has 0 aliphatic heterocycles. The molecule has 0 aliphatic rings. The van der Waals surface area contributed by atoms with Crippen molar-refractivity contribution in [2.45, 2.75) is 13.0 Å². The van der Waals surface area contributed by atoms with E-state index in [0.29, 0.717) is 0 Å². The minimum Gasteiger partial charge on any atom is -0.465 e. The van der Waals surface area contributed by atoms with Crippen LogP contribution in [-0.4, -0.2) is 42.1 Å². The third-order valence-electron chi connectivity index (χ3n) is 1.15. The maximum absolute atomic E-state index is 11.0. The van der Waals surface area contributed by atoms with Gasteiger partial charge in [0.1, 0.15) is 6.04 Å². The zero-order valence-electron chi connectivity index (χ0n) is 6.79. The fraction of sp³-hybridized carbons (Fsp3) is 0.667. The second-order valence-corrected chi connectivity index (χ2v) is 2.40. The van der Waals surface area contributed by atoms with Gasteiger partial charge in [-0.05, 0) is 6.92 Å². The normalized spacial score (nSPS) is 11.9. The molecule has 0 heterocycles. The van der Waals surface area contributed by atoms with Crippen LogP contribution in [0.5, 0.6) is 0 Å². The van der Waals surface area contributed by atoms with E-state index in [9.17, 15) is 9.59 Å². The van der Waals surface area contributed by atoms with Crippen LogP contribution in [0.25, 0.3) is 0 Å². The summed E-state index contributed by atoms with van der Waals surface area (Å²) >= 11 is 0. The number of likely N-dealkylation sites (N-methyl/N-ethyl adjacent to an activating group) is 1. The van der Waals surface area contributed by atoms with Crippen LogP contribution >= 0.6 is 0 Å². The summed E-state index contributed by atoms with van der Waals surface area (Å²) in [5.41, 5.74) is 0. The van der Waals surface area contributed by atoms with Gasteiger partial charge in [-0.3, -0.25) is 4.79 Å². The van der Waals surface area contributed by atoms with Crippen LogP contribution in [0.3, 0.4) is 0 Å². The molecule has 1 unspecified atom stereocenters. The van der Waals surface area contributed by atoms with Gasteiger partial charge in [0.05, 0.1) is 0 Å². The van der Waals surface area contributed by atoms with Crippen LogP contribution in [0.2, 0.25) is 0 Å². The fourth-order valence-corrected chi connectivity index (χ4v) is 0.634. The minimum absolute atomic E-state index is 0.257. The number of nitrogens with one attached hydrogen (secondary N) is 1. The summed E-state index contributed by atoms with van der Waals surface area (Å²) in [7, 11) is 3.14. The third-order valence-corrected chi connectivity index (χ3v) is 1.15. The standard InChI is InChI=1S/C6H12N2O3/c1-4(7-6(10)11)5(9)8(2)3/h4,7H,1-3H3,(H,10,11). The van der Waals surface area contributed by atoms with E-state index in [1.54, 1.807) is 14.1 Å². The highest BCUT2D eigenvalue weighted by atomic mass is 16.4. The van der Waals surface area contributed by atoms with E-state index in [-0.39, 0.29) is 5.91 Å². The summed E-state index contributed by atoms with van der Waals surface area (Å²) < 4.78 is 0. The van der Waals surface area contributed by atoms with Crippen LogP contribution in [0.15, 0.2) is 0 Å². The van der Waals surface area contributed by atoms with Crippen molar-refractivity contribution in [2.24, 2.45) is 0 Å². The highest BCUT2D eigenvalue weighted by molar-refractivity contribution is 5.84. The first kappa shape index (κ1) is 9.74. The smallest absolute Gasteiger partial charge is 0.405 e. The van der Waals surface area contributed by atoms with Gasteiger partial charge in [-0.15, -0.1) is 0 Å². The van der Waals surface area contributed by atoms with Crippen LogP contribution < -0.4 is 5.32 Å². The first-order valence-electron chi connectivity index (χ1n) is 3.15. The van der Waals surface area contributed by atoms with Crippen LogP contribution in [0.1, 0.15) is 6.92 Å². The van der Waals surface area contributed by atoms with E-state index in [4.69, 9.17) is 5.11 Å². The fourth-order valence-electron chi connectivity index (χ4n) is 0.634. The van der Waals surface area contributed by atoms with Gasteiger partial charge in [-0.2, -0.15) is 0 Å². The maximum atomic E-state index is 11.0. The van der Waals surface area contributed by atoms with E-state index in [1.165, 1.54) is 11.8 Å². The molecule has 5 nitrogen and oxygen atoms in total. The lowest BCUT2D eigenvalue weighted by Crippen LogP contribution is -2.43. The molecule has 5 heteroatoms. The Balaban J connectivity index is 3.93. The molecule has 0 radical (unpaired) electrons. The highest BCUT2D eigenvalue weighted by Gasteiger charge is 2.15. The summed E-state index contributed by atoms with van der Waals surface area (Å²) in [5.74, 6) is -0.257. The van der Waals surface area contributed by atoms with Gasteiger partial charge in [0.2, 0.25) is 5.91 Å². The average Bonchev–Trinajstić information content (AvgIpc) is 1.84. The highest BCUT2D eigenvalue weighted by Crippen LogP contribution is 1.87. The number of amides is 2. The summed E-state index contributed by atoms with van der Waals surface area (Å²) in [6, 6.07) is -0.678. The van der Waals surface area contributed by atoms with Gasteiger partial charge in [-0.25, -0.2) is 4.79 Å². The lowest BCUT2D eigenvalue weighted by Gasteiger charge is -2.15. The molecule has 0 aliphatic carbocycles. The second kappa shape index (κ2) is 3.80. The predicted octanol–water partition coefficient (Wildman–Crippen LogP) is -0.269. The van der Waals surface area contributed by atoms with Crippen LogP contribution in [0.4, 0.5) is 4.79 Å². The van der Waals surface area contributed by atoms with E-state index in [0.717, 1.165) is 0 Å². The molecule has 2 amide bonds. The number of hydrogen-bond donors (Lipinski definition) is 2. The molecule has 64 valence electrons. The summed E-state index contributed by atoms with van der Waals surface area (Å²) in [6.45, 7) is 1.50. The van der Waals surface area contributed by atoms with E-state index in [1.807, 2.05) is 5.32 Å². The first-order valence-corrected chi connectivity index (χ1v) is 3.15. The molecule has 2 N–H and O–H groups in total. The third kappa shape index (κ3) is 3.44. The van der Waals surface area contributed by atoms with Crippen molar-refractivity contribution in [3.05, 3.63) is 0 Å². The van der Waals surface area contributed by atoms with Crippen molar-refractivity contribution in [3.8, 4) is 0 Å². The molecule has 0 fully saturated rings. The number of nitrogens with zero attached hydrogens (tertiary/aromatic N) is 1. The maximum Gasteiger partial charge on any atom is 0.405 e. The van der Waals surface area contributed by atoms with Crippen LogP contribution in [-0.2, 0) is 4.79 Å². The quantitative estimate of drug-likeness (QED) is 0.584. The Kier molecular flexibility index (Phi) is 3.36. The van der Waals surface area contributed by atoms with Crippen molar-refractivity contribution in [2.75, 3.05) is 14.1 Å². The lowest BCUT2D eigenvalue weighted by atomic mass is 10.3. The van der Waals surface area contributed by atoms with Crippen molar-refractivity contribution in [1.82, 2.24) is 10.2 Å². The summed E-state index contributed by atoms with van der Waals surface area (Å²) in [4.78, 5) is 22.4. The number of carboxylic acid groups (broad SMARTS) is 1. The SMILES string of the molecule is CC(NC(=O)O)C(=O)N(C)C. The molecule has 0 saturated heterocycles. The molecular formula is C6H12N2O3. The average molecular weight is 160 g/mol. The molecule has 0 aromatic carbocycles. The molecule has 0 aromatic heterocycles. The molecule has 11 heavy (non-hydrogen) atoms. The topological polar surface area (TPSA) is 69.6 Å². The zero-order valence-corrected chi connectivity index (χ0v) is 6.79. The molecule has 0 aromatic rings. The van der Waals surface area contributed by atoms with Gasteiger partial charge in [0, 0.05) is 14.1 Å². The summed E-state index contributed by atoms with van der Waals surface area (Å²) in [5, 5.41) is 10.3. The van der Waals surface area contributed by atoms with E-state index < -0.39 is 12.1 Å². The zero-order chi connectivity index (χ0) is 9.02. The first-order chi connectivity index (χ1) is 4.95. The predicted molar refractivity (Wildman–Crippen MR) is 39.3 cm³/mol. The molecule has 0 bridgehead atoms. The molecule has 0 saturated carbocycles.